The maximum atomic E-state index is 15.6. The predicted octanol–water partition coefficient (Wildman–Crippen LogP) is 6.08. The third kappa shape index (κ3) is 5.05. The van der Waals surface area contributed by atoms with Gasteiger partial charge in [0.05, 0.1) is 12.1 Å². The number of hydrogen-bond donors (Lipinski definition) is 0. The van der Waals surface area contributed by atoms with Crippen LogP contribution in [0.3, 0.4) is 0 Å². The van der Waals surface area contributed by atoms with E-state index in [0.717, 1.165) is 31.5 Å². The fourth-order valence-corrected chi connectivity index (χ4v) is 4.06. The van der Waals surface area contributed by atoms with Gasteiger partial charge in [-0.2, -0.15) is 0 Å². The smallest absolute Gasteiger partial charge is 0.346 e. The minimum atomic E-state index is -0.752. The first kappa shape index (κ1) is 22.5. The molecule has 0 unspecified atom stereocenters. The second-order valence-corrected chi connectivity index (χ2v) is 8.04. The lowest BCUT2D eigenvalue weighted by Gasteiger charge is -2.22. The van der Waals surface area contributed by atoms with Gasteiger partial charge in [0.25, 0.3) is 0 Å². The van der Waals surface area contributed by atoms with Crippen LogP contribution in [0.4, 0.5) is 10.1 Å². The topological polar surface area (TPSA) is 43.1 Å². The van der Waals surface area contributed by atoms with Crippen LogP contribution < -0.4 is 9.47 Å². The van der Waals surface area contributed by atoms with Crippen LogP contribution in [0.25, 0.3) is 4.85 Å². The Kier molecular flexibility index (Phi) is 7.01. The van der Waals surface area contributed by atoms with Gasteiger partial charge in [-0.05, 0) is 50.6 Å². The minimum absolute atomic E-state index is 0.0287. The molecule has 1 aliphatic heterocycles. The number of carbonyl (C=O) groups excluding carboxylic acids is 1. The van der Waals surface area contributed by atoms with Crippen LogP contribution in [0.2, 0.25) is 0 Å². The fourth-order valence-electron chi connectivity index (χ4n) is 4.06. The largest absolute Gasteiger partial charge is 0.499 e. The zero-order valence-electron chi connectivity index (χ0n) is 18.5. The molecule has 1 heterocycles. The third-order valence-electron chi connectivity index (χ3n) is 5.77. The summed E-state index contributed by atoms with van der Waals surface area (Å²) in [5.41, 5.74) is 1.24. The van der Waals surface area contributed by atoms with Crippen molar-refractivity contribution in [2.45, 2.75) is 32.9 Å². The summed E-state index contributed by atoms with van der Waals surface area (Å²) in [5.74, 6) is -0.900. The van der Waals surface area contributed by atoms with Gasteiger partial charge in [0.2, 0.25) is 5.69 Å². The molecule has 1 aliphatic rings. The second kappa shape index (κ2) is 10.3. The molecule has 0 amide bonds. The van der Waals surface area contributed by atoms with Crippen molar-refractivity contribution in [3.63, 3.8) is 0 Å². The van der Waals surface area contributed by atoms with Crippen molar-refractivity contribution in [1.29, 1.82) is 0 Å². The van der Waals surface area contributed by atoms with E-state index in [1.165, 1.54) is 6.92 Å². The van der Waals surface area contributed by atoms with Gasteiger partial charge in [-0.3, -0.25) is 0 Å². The highest BCUT2D eigenvalue weighted by Crippen LogP contribution is 2.41. The first-order valence-electron chi connectivity index (χ1n) is 11.0. The Bertz CT molecular complexity index is 1170. The summed E-state index contributed by atoms with van der Waals surface area (Å²) >= 11 is 0. The van der Waals surface area contributed by atoms with E-state index in [1.807, 2.05) is 30.3 Å². The third-order valence-corrected chi connectivity index (χ3v) is 5.77. The summed E-state index contributed by atoms with van der Waals surface area (Å²) in [6.07, 6.45) is 2.10. The summed E-state index contributed by atoms with van der Waals surface area (Å²) in [6.45, 7) is 11.5. The van der Waals surface area contributed by atoms with E-state index >= 15 is 4.39 Å². The normalized spacial score (nSPS) is 13.5. The number of benzene rings is 3. The summed E-state index contributed by atoms with van der Waals surface area (Å²) < 4.78 is 27.1. The Morgan fingerprint density at radius 1 is 1.06 bits per heavy atom. The monoisotopic (exact) mass is 444 g/mol. The van der Waals surface area contributed by atoms with E-state index in [0.29, 0.717) is 12.3 Å². The van der Waals surface area contributed by atoms with E-state index in [-0.39, 0.29) is 34.7 Å². The Morgan fingerprint density at radius 3 is 2.33 bits per heavy atom. The van der Waals surface area contributed by atoms with Gasteiger partial charge in [0, 0.05) is 17.7 Å². The van der Waals surface area contributed by atoms with Crippen LogP contribution in [-0.4, -0.2) is 24.0 Å². The lowest BCUT2D eigenvalue weighted by molar-refractivity contribution is 0.0728. The highest BCUT2D eigenvalue weighted by atomic mass is 19.1. The highest BCUT2D eigenvalue weighted by Gasteiger charge is 2.30. The molecular formula is C27H25FN2O3. The van der Waals surface area contributed by atoms with Gasteiger partial charge in [-0.15, -0.1) is 0 Å². The van der Waals surface area contributed by atoms with Gasteiger partial charge in [0.1, 0.15) is 23.9 Å². The first-order chi connectivity index (χ1) is 16.1. The van der Waals surface area contributed by atoms with Gasteiger partial charge >= 0.3 is 5.97 Å². The van der Waals surface area contributed by atoms with Crippen LogP contribution in [-0.2, 0) is 13.2 Å². The predicted molar refractivity (Wildman–Crippen MR) is 124 cm³/mol. The average Bonchev–Trinajstić information content (AvgIpc) is 3.35. The quantitative estimate of drug-likeness (QED) is 0.252. The first-order valence-corrected chi connectivity index (χ1v) is 11.0. The Balaban J connectivity index is 1.77. The molecule has 0 N–H and O–H groups in total. The minimum Gasteiger partial charge on any atom is -0.499 e. The molecule has 3 aromatic rings. The molecule has 5 nitrogen and oxygen atoms in total. The lowest BCUT2D eigenvalue weighted by Crippen LogP contribution is -2.21. The van der Waals surface area contributed by atoms with Crippen LogP contribution in [0, 0.1) is 19.3 Å². The number of carbonyl (C=O) groups is 1. The Morgan fingerprint density at radius 2 is 1.70 bits per heavy atom. The average molecular weight is 445 g/mol. The number of nitrogens with zero attached hydrogens (tertiary/aromatic N) is 2. The van der Waals surface area contributed by atoms with Crippen molar-refractivity contribution in [2.75, 3.05) is 13.1 Å². The molecule has 168 valence electrons. The number of likely N-dealkylation sites (tertiary alicyclic amines) is 1. The molecule has 1 fully saturated rings. The van der Waals surface area contributed by atoms with Crippen molar-refractivity contribution < 1.29 is 18.7 Å². The van der Waals surface area contributed by atoms with Crippen molar-refractivity contribution in [1.82, 2.24) is 4.90 Å². The van der Waals surface area contributed by atoms with Crippen molar-refractivity contribution in [3.05, 3.63) is 100 Å². The number of hydrogen-bond acceptors (Lipinski definition) is 4. The second-order valence-electron chi connectivity index (χ2n) is 8.04. The van der Waals surface area contributed by atoms with Crippen LogP contribution >= 0.6 is 0 Å². The molecule has 33 heavy (non-hydrogen) atoms. The molecule has 6 heteroatoms. The number of esters is 1. The molecule has 0 atom stereocenters. The molecule has 3 aromatic carbocycles. The Labute approximate surface area is 193 Å². The van der Waals surface area contributed by atoms with Crippen LogP contribution in [0.1, 0.15) is 39.9 Å². The van der Waals surface area contributed by atoms with Crippen LogP contribution in [0.15, 0.2) is 60.7 Å². The summed E-state index contributed by atoms with van der Waals surface area (Å²) in [7, 11) is 0. The van der Waals surface area contributed by atoms with Gasteiger partial charge in [-0.1, -0.05) is 48.5 Å². The number of para-hydroxylation sites is 1. The van der Waals surface area contributed by atoms with E-state index in [9.17, 15) is 4.79 Å². The molecule has 0 aromatic heterocycles. The standard InChI is InChI=1S/C27H25FN2O3/c1-19-23(27(31)33-21-13-7-4-8-14-21)26(32-18-20-11-5-3-6-12-20)25(29-2)22(24(19)28)17-30-15-9-10-16-30/h3-8,11-14H,9-10,15-18H2,1H3. The molecule has 0 aliphatic carbocycles. The fraction of sp³-hybridized carbons (Fsp3) is 0.259. The van der Waals surface area contributed by atoms with Crippen molar-refractivity contribution in [2.24, 2.45) is 0 Å². The van der Waals surface area contributed by atoms with Crippen molar-refractivity contribution >= 4 is 11.7 Å². The van der Waals surface area contributed by atoms with E-state index < -0.39 is 11.8 Å². The maximum Gasteiger partial charge on any atom is 0.346 e. The molecule has 0 bridgehead atoms. The van der Waals surface area contributed by atoms with Gasteiger partial charge in [-0.25, -0.2) is 14.0 Å². The lowest BCUT2D eigenvalue weighted by atomic mass is 9.99. The van der Waals surface area contributed by atoms with E-state index in [1.54, 1.807) is 30.3 Å². The summed E-state index contributed by atoms with van der Waals surface area (Å²) in [4.78, 5) is 18.9. The molecule has 1 saturated heterocycles. The number of ether oxygens (including phenoxy) is 2. The molecule has 0 spiro atoms. The number of rotatable bonds is 7. The summed E-state index contributed by atoms with van der Waals surface area (Å²) in [5, 5.41) is 0. The van der Waals surface area contributed by atoms with Crippen LogP contribution in [0.5, 0.6) is 11.5 Å². The molecular weight excluding hydrogens is 419 g/mol. The maximum absolute atomic E-state index is 15.6. The van der Waals surface area contributed by atoms with Gasteiger partial charge in [0.15, 0.2) is 0 Å². The molecule has 4 rings (SSSR count). The summed E-state index contributed by atoms with van der Waals surface area (Å²) in [6, 6.07) is 18.0. The van der Waals surface area contributed by atoms with E-state index in [2.05, 4.69) is 9.74 Å². The zero-order valence-corrected chi connectivity index (χ0v) is 18.5. The van der Waals surface area contributed by atoms with Crippen molar-refractivity contribution in [3.8, 4) is 11.5 Å². The van der Waals surface area contributed by atoms with Gasteiger partial charge < -0.3 is 14.4 Å². The Hall–Kier alpha value is -3.69. The number of halogens is 1. The molecule has 0 radical (unpaired) electrons. The van der Waals surface area contributed by atoms with E-state index in [4.69, 9.17) is 16.0 Å². The molecule has 0 saturated carbocycles. The highest BCUT2D eigenvalue weighted by molar-refractivity contribution is 5.98. The SMILES string of the molecule is [C-]#[N+]c1c(CN2CCCC2)c(F)c(C)c(C(=O)Oc2ccccc2)c1OCc1ccccc1. The zero-order chi connectivity index (χ0) is 23.2.